The number of amides is 2. The van der Waals surface area contributed by atoms with Gasteiger partial charge in [0.25, 0.3) is 5.91 Å². The van der Waals surface area contributed by atoms with Crippen molar-refractivity contribution < 1.29 is 9.59 Å². The molecule has 2 fully saturated rings. The highest BCUT2D eigenvalue weighted by Gasteiger charge is 2.43. The van der Waals surface area contributed by atoms with E-state index in [1.54, 1.807) is 24.8 Å². The zero-order chi connectivity index (χ0) is 19.6. The number of carbonyl (C=O) groups excluding carboxylic acids is 2. The second-order valence-electron chi connectivity index (χ2n) is 7.98. The van der Waals surface area contributed by atoms with Gasteiger partial charge in [-0.2, -0.15) is 0 Å². The van der Waals surface area contributed by atoms with Gasteiger partial charge < -0.3 is 9.80 Å². The number of likely N-dealkylation sites (tertiary alicyclic amines) is 2. The number of carbonyl (C=O) groups is 2. The third-order valence-corrected chi connectivity index (χ3v) is 5.82. The average molecular weight is 379 g/mol. The van der Waals surface area contributed by atoms with Gasteiger partial charge in [0.2, 0.25) is 5.91 Å². The fourth-order valence-electron chi connectivity index (χ4n) is 4.33. The minimum atomic E-state index is -0.0656. The number of nitrogens with zero attached hydrogens (tertiary/aromatic N) is 5. The van der Waals surface area contributed by atoms with Gasteiger partial charge in [-0.1, -0.05) is 0 Å². The highest BCUT2D eigenvalue weighted by molar-refractivity contribution is 5.92. The summed E-state index contributed by atoms with van der Waals surface area (Å²) < 4.78 is 0. The first-order chi connectivity index (χ1) is 13.5. The largest absolute Gasteiger partial charge is 0.338 e. The predicted molar refractivity (Wildman–Crippen MR) is 103 cm³/mol. The smallest absolute Gasteiger partial charge is 0.274 e. The summed E-state index contributed by atoms with van der Waals surface area (Å²) in [7, 11) is 0. The second-order valence-corrected chi connectivity index (χ2v) is 7.98. The maximum absolute atomic E-state index is 12.9. The Morgan fingerprint density at radius 3 is 2.71 bits per heavy atom. The van der Waals surface area contributed by atoms with E-state index in [0.29, 0.717) is 31.7 Å². The Kier molecular flexibility index (Phi) is 5.07. The summed E-state index contributed by atoms with van der Waals surface area (Å²) in [4.78, 5) is 41.7. The Morgan fingerprint density at radius 1 is 1.14 bits per heavy atom. The molecule has 2 aromatic rings. The number of pyridine rings is 1. The van der Waals surface area contributed by atoms with E-state index in [2.05, 4.69) is 15.0 Å². The Hall–Kier alpha value is -2.83. The molecule has 0 saturated carbocycles. The van der Waals surface area contributed by atoms with Gasteiger partial charge in [-0.3, -0.25) is 19.6 Å². The van der Waals surface area contributed by atoms with E-state index in [1.165, 1.54) is 0 Å². The fourth-order valence-corrected chi connectivity index (χ4v) is 4.33. The van der Waals surface area contributed by atoms with Crippen molar-refractivity contribution in [1.82, 2.24) is 24.8 Å². The molecule has 0 bridgehead atoms. The molecule has 0 aromatic carbocycles. The standard InChI is InChI=1S/C21H25N5O2/c1-16-11-24-18(12-23-16)20(28)25-10-2-6-21(14-25)7-3-19(27)26(15-21)13-17-4-8-22-9-5-17/h4-5,8-9,11-12H,2-3,6-7,10,13-15H2,1H3/t21-/m0/s1. The second kappa shape index (κ2) is 7.66. The van der Waals surface area contributed by atoms with Crippen LogP contribution in [-0.4, -0.2) is 56.2 Å². The monoisotopic (exact) mass is 379 g/mol. The van der Waals surface area contributed by atoms with Gasteiger partial charge in [0.15, 0.2) is 0 Å². The van der Waals surface area contributed by atoms with Crippen molar-refractivity contribution in [3.8, 4) is 0 Å². The van der Waals surface area contributed by atoms with Gasteiger partial charge in [-0.25, -0.2) is 4.98 Å². The molecule has 4 heterocycles. The summed E-state index contributed by atoms with van der Waals surface area (Å²) in [6.07, 6.45) is 10.0. The first-order valence-electron chi connectivity index (χ1n) is 9.79. The van der Waals surface area contributed by atoms with E-state index in [0.717, 1.165) is 37.1 Å². The molecular weight excluding hydrogens is 354 g/mol. The zero-order valence-corrected chi connectivity index (χ0v) is 16.2. The number of hydrogen-bond donors (Lipinski definition) is 0. The molecular formula is C21H25N5O2. The number of aromatic nitrogens is 3. The van der Waals surface area contributed by atoms with Crippen molar-refractivity contribution in [2.24, 2.45) is 5.41 Å². The molecule has 2 aliphatic rings. The molecule has 2 saturated heterocycles. The predicted octanol–water partition coefficient (Wildman–Crippen LogP) is 2.23. The van der Waals surface area contributed by atoms with Crippen molar-refractivity contribution >= 4 is 11.8 Å². The lowest BCUT2D eigenvalue weighted by Crippen LogP contribution is -2.54. The van der Waals surface area contributed by atoms with E-state index >= 15 is 0 Å². The molecule has 0 aliphatic carbocycles. The van der Waals surface area contributed by atoms with Crippen LogP contribution in [0.4, 0.5) is 0 Å². The number of aryl methyl sites for hydroxylation is 1. The SMILES string of the molecule is Cc1cnc(C(=O)N2CCC[C@]3(CCC(=O)N(Cc4ccncc4)C3)C2)cn1. The van der Waals surface area contributed by atoms with Gasteiger partial charge in [0.1, 0.15) is 5.69 Å². The van der Waals surface area contributed by atoms with Gasteiger partial charge in [0, 0.05) is 56.6 Å². The summed E-state index contributed by atoms with van der Waals surface area (Å²) in [5.41, 5.74) is 2.24. The van der Waals surface area contributed by atoms with Gasteiger partial charge in [0.05, 0.1) is 11.9 Å². The molecule has 0 unspecified atom stereocenters. The van der Waals surface area contributed by atoms with Crippen LogP contribution < -0.4 is 0 Å². The van der Waals surface area contributed by atoms with Crippen LogP contribution in [0.25, 0.3) is 0 Å². The Labute approximate surface area is 164 Å². The zero-order valence-electron chi connectivity index (χ0n) is 16.2. The van der Waals surface area contributed by atoms with Crippen molar-refractivity contribution in [3.05, 3.63) is 53.9 Å². The number of rotatable bonds is 3. The van der Waals surface area contributed by atoms with E-state index < -0.39 is 0 Å². The molecule has 2 aromatic heterocycles. The normalized spacial score (nSPS) is 22.5. The van der Waals surface area contributed by atoms with E-state index in [9.17, 15) is 9.59 Å². The lowest BCUT2D eigenvalue weighted by molar-refractivity contribution is -0.139. The van der Waals surface area contributed by atoms with Crippen molar-refractivity contribution in [1.29, 1.82) is 0 Å². The van der Waals surface area contributed by atoms with Crippen molar-refractivity contribution in [2.75, 3.05) is 19.6 Å². The molecule has 2 aliphatic heterocycles. The van der Waals surface area contributed by atoms with E-state index in [-0.39, 0.29) is 17.2 Å². The number of piperidine rings is 2. The fraction of sp³-hybridized carbons (Fsp3) is 0.476. The molecule has 1 spiro atoms. The highest BCUT2D eigenvalue weighted by atomic mass is 16.2. The van der Waals surface area contributed by atoms with Crippen LogP contribution in [0.3, 0.4) is 0 Å². The van der Waals surface area contributed by atoms with Gasteiger partial charge in [-0.05, 0) is 43.9 Å². The van der Waals surface area contributed by atoms with Crippen LogP contribution >= 0.6 is 0 Å². The van der Waals surface area contributed by atoms with Crippen LogP contribution in [0.5, 0.6) is 0 Å². The van der Waals surface area contributed by atoms with Crippen LogP contribution in [0.1, 0.15) is 47.4 Å². The van der Waals surface area contributed by atoms with Crippen LogP contribution in [-0.2, 0) is 11.3 Å². The van der Waals surface area contributed by atoms with Crippen LogP contribution in [0.2, 0.25) is 0 Å². The van der Waals surface area contributed by atoms with Gasteiger partial charge >= 0.3 is 0 Å². The first-order valence-corrected chi connectivity index (χ1v) is 9.79. The summed E-state index contributed by atoms with van der Waals surface area (Å²) in [6.45, 7) is 4.54. The van der Waals surface area contributed by atoms with E-state index in [1.807, 2.05) is 28.9 Å². The lowest BCUT2D eigenvalue weighted by Gasteiger charge is -2.48. The summed E-state index contributed by atoms with van der Waals surface area (Å²) >= 11 is 0. The summed E-state index contributed by atoms with van der Waals surface area (Å²) in [5.74, 6) is 0.124. The minimum absolute atomic E-state index is 0.0347. The maximum atomic E-state index is 12.9. The third kappa shape index (κ3) is 3.88. The topological polar surface area (TPSA) is 79.3 Å². The molecule has 0 radical (unpaired) electrons. The third-order valence-electron chi connectivity index (χ3n) is 5.82. The maximum Gasteiger partial charge on any atom is 0.274 e. The highest BCUT2D eigenvalue weighted by Crippen LogP contribution is 2.39. The molecule has 1 atom stereocenters. The molecule has 0 N–H and O–H groups in total. The lowest BCUT2D eigenvalue weighted by atomic mass is 9.73. The molecule has 2 amide bonds. The Balaban J connectivity index is 1.48. The van der Waals surface area contributed by atoms with E-state index in [4.69, 9.17) is 0 Å². The summed E-state index contributed by atoms with van der Waals surface area (Å²) in [5, 5.41) is 0. The Bertz CT molecular complexity index is 855. The number of hydrogen-bond acceptors (Lipinski definition) is 5. The molecule has 28 heavy (non-hydrogen) atoms. The first kappa shape index (κ1) is 18.5. The van der Waals surface area contributed by atoms with Crippen LogP contribution in [0.15, 0.2) is 36.9 Å². The average Bonchev–Trinajstić information content (AvgIpc) is 2.72. The molecule has 7 heteroatoms. The van der Waals surface area contributed by atoms with Crippen molar-refractivity contribution in [3.63, 3.8) is 0 Å². The summed E-state index contributed by atoms with van der Waals surface area (Å²) in [6, 6.07) is 3.89. The minimum Gasteiger partial charge on any atom is -0.338 e. The van der Waals surface area contributed by atoms with Gasteiger partial charge in [-0.15, -0.1) is 0 Å². The molecule has 146 valence electrons. The molecule has 4 rings (SSSR count). The van der Waals surface area contributed by atoms with Crippen molar-refractivity contribution in [2.45, 2.75) is 39.2 Å². The Morgan fingerprint density at radius 2 is 1.96 bits per heavy atom. The molecule has 7 nitrogen and oxygen atoms in total. The quantitative estimate of drug-likeness (QED) is 0.817. The van der Waals surface area contributed by atoms with Crippen LogP contribution in [0, 0.1) is 12.3 Å².